The molecule has 3 heterocycles. The van der Waals surface area contributed by atoms with Gasteiger partial charge in [0, 0.05) is 30.7 Å². The summed E-state index contributed by atoms with van der Waals surface area (Å²) in [5.41, 5.74) is -0.580. The van der Waals surface area contributed by atoms with E-state index in [1.54, 1.807) is 13.1 Å². The number of nitrogens with zero attached hydrogens (tertiary/aromatic N) is 3. The second kappa shape index (κ2) is 7.90. The fraction of sp³-hybridized carbons (Fsp3) is 0.125. The van der Waals surface area contributed by atoms with Crippen molar-refractivity contribution in [3.8, 4) is 11.3 Å². The molecule has 0 aromatic carbocycles. The van der Waals surface area contributed by atoms with E-state index in [2.05, 4.69) is 15.3 Å². The lowest BCUT2D eigenvalue weighted by Gasteiger charge is -2.10. The van der Waals surface area contributed by atoms with Crippen LogP contribution in [0.25, 0.3) is 11.3 Å². The first-order valence-corrected chi connectivity index (χ1v) is 8.72. The maximum atomic E-state index is 14.9. The van der Waals surface area contributed by atoms with Crippen molar-refractivity contribution < 1.29 is 17.2 Å². The number of hydrogen-bond acceptors (Lipinski definition) is 5. The van der Waals surface area contributed by atoms with E-state index in [4.69, 9.17) is 0 Å². The van der Waals surface area contributed by atoms with Gasteiger partial charge in [0.05, 0.1) is 5.56 Å². The monoisotopic (exact) mass is 400 g/mol. The highest BCUT2D eigenvalue weighted by atomic mass is 35.5. The predicted molar refractivity (Wildman–Crippen MR) is 94.4 cm³/mol. The molecule has 1 N–H and O–H groups in total. The lowest BCUT2D eigenvalue weighted by atomic mass is 10.2. The van der Waals surface area contributed by atoms with Crippen molar-refractivity contribution in [1.29, 1.82) is 0 Å². The topological polar surface area (TPSA) is 76.9 Å². The van der Waals surface area contributed by atoms with E-state index in [0.717, 1.165) is 6.20 Å². The first-order valence-electron chi connectivity index (χ1n) is 7.28. The normalized spacial score (nSPS) is 11.2. The van der Waals surface area contributed by atoms with Gasteiger partial charge in [0.25, 0.3) is 10.0 Å². The molecule has 0 radical (unpaired) electrons. The number of nitrogens with one attached hydrogen (secondary N) is 1. The Labute approximate surface area is 155 Å². The molecule has 0 aliphatic carbocycles. The smallest absolute Gasteiger partial charge is 0.285 e. The van der Waals surface area contributed by atoms with Gasteiger partial charge in [-0.3, -0.25) is 0 Å². The second-order valence-electron chi connectivity index (χ2n) is 5.16. The number of pyridine rings is 2. The average molecular weight is 401 g/mol. The molecule has 0 saturated heterocycles. The molecule has 0 fully saturated rings. The van der Waals surface area contributed by atoms with E-state index < -0.39 is 27.5 Å². The lowest BCUT2D eigenvalue weighted by molar-refractivity contribution is 0.573. The zero-order valence-electron chi connectivity index (χ0n) is 13.6. The van der Waals surface area contributed by atoms with Crippen LogP contribution in [0.3, 0.4) is 0 Å². The third-order valence-electron chi connectivity index (χ3n) is 3.53. The summed E-state index contributed by atoms with van der Waals surface area (Å²) in [6, 6.07) is 7.02. The maximum absolute atomic E-state index is 14.9. The Morgan fingerprint density at radius 1 is 1.12 bits per heavy atom. The fourth-order valence-electron chi connectivity index (χ4n) is 2.41. The summed E-state index contributed by atoms with van der Waals surface area (Å²) in [6.07, 6.45) is 3.63. The molecular formula is C16H15ClF2N4O2S. The minimum Gasteiger partial charge on any atom is -0.316 e. The van der Waals surface area contributed by atoms with Crippen molar-refractivity contribution in [3.05, 3.63) is 66.3 Å². The van der Waals surface area contributed by atoms with E-state index in [1.807, 2.05) is 0 Å². The number of halogens is 3. The summed E-state index contributed by atoms with van der Waals surface area (Å²) < 4.78 is 55.4. The van der Waals surface area contributed by atoms with Gasteiger partial charge in [-0.2, -0.15) is 12.8 Å². The highest BCUT2D eigenvalue weighted by molar-refractivity contribution is 7.90. The predicted octanol–water partition coefficient (Wildman–Crippen LogP) is 2.60. The van der Waals surface area contributed by atoms with Gasteiger partial charge in [-0.1, -0.05) is 6.07 Å². The molecule has 0 bridgehead atoms. The van der Waals surface area contributed by atoms with Crippen LogP contribution in [0.15, 0.2) is 53.9 Å². The quantitative estimate of drug-likeness (QED) is 0.666. The molecule has 0 aliphatic heterocycles. The zero-order chi connectivity index (χ0) is 18.0. The number of hydrogen-bond donors (Lipinski definition) is 1. The van der Waals surface area contributed by atoms with Crippen LogP contribution >= 0.6 is 12.4 Å². The molecular weight excluding hydrogens is 386 g/mol. The third-order valence-corrected chi connectivity index (χ3v) is 5.10. The minimum absolute atomic E-state index is 0. The summed E-state index contributed by atoms with van der Waals surface area (Å²) in [5.74, 6) is -1.80. The van der Waals surface area contributed by atoms with Gasteiger partial charge in [-0.05, 0) is 31.3 Å². The number of aromatic nitrogens is 3. The van der Waals surface area contributed by atoms with Crippen LogP contribution in [0.2, 0.25) is 0 Å². The Kier molecular flexibility index (Phi) is 6.06. The first-order chi connectivity index (χ1) is 12.0. The number of rotatable bonds is 5. The molecule has 0 amide bonds. The SMILES string of the molecule is CNCc1cn(S(=O)(=O)c2ccccn2)c(-c2cccnc2F)c1F.Cl. The van der Waals surface area contributed by atoms with E-state index in [0.29, 0.717) is 3.97 Å². The Morgan fingerprint density at radius 3 is 2.46 bits per heavy atom. The van der Waals surface area contributed by atoms with E-state index in [1.165, 1.54) is 36.7 Å². The van der Waals surface area contributed by atoms with Gasteiger partial charge >= 0.3 is 0 Å². The summed E-state index contributed by atoms with van der Waals surface area (Å²) in [4.78, 5) is 7.29. The van der Waals surface area contributed by atoms with E-state index in [9.17, 15) is 17.2 Å². The molecule has 3 aromatic rings. The van der Waals surface area contributed by atoms with Crippen molar-refractivity contribution in [3.63, 3.8) is 0 Å². The van der Waals surface area contributed by atoms with Crippen LogP contribution in [0.1, 0.15) is 5.56 Å². The van der Waals surface area contributed by atoms with Crippen molar-refractivity contribution in [2.75, 3.05) is 7.05 Å². The van der Waals surface area contributed by atoms with Crippen molar-refractivity contribution in [2.45, 2.75) is 11.6 Å². The molecule has 138 valence electrons. The minimum atomic E-state index is -4.21. The standard InChI is InChI=1S/C16H14F2N4O2S.ClH/c1-19-9-11-10-22(25(23,24)13-6-2-3-7-20-13)15(14(11)17)12-5-4-8-21-16(12)18;/h2-8,10,19H,9H2,1H3;1H. The molecule has 10 heteroatoms. The Morgan fingerprint density at radius 2 is 1.85 bits per heavy atom. The Bertz CT molecular complexity index is 1010. The highest BCUT2D eigenvalue weighted by Crippen LogP contribution is 2.31. The Balaban J connectivity index is 0.00000243. The van der Waals surface area contributed by atoms with Crippen LogP contribution in [-0.2, 0) is 16.6 Å². The van der Waals surface area contributed by atoms with Gasteiger partial charge in [0.2, 0.25) is 5.95 Å². The van der Waals surface area contributed by atoms with Crippen molar-refractivity contribution in [1.82, 2.24) is 19.3 Å². The lowest BCUT2D eigenvalue weighted by Crippen LogP contribution is -2.15. The summed E-state index contributed by atoms with van der Waals surface area (Å²) >= 11 is 0. The van der Waals surface area contributed by atoms with Crippen LogP contribution in [0.4, 0.5) is 8.78 Å². The van der Waals surface area contributed by atoms with Crippen LogP contribution in [-0.4, -0.2) is 29.4 Å². The molecule has 0 atom stereocenters. The molecule has 0 spiro atoms. The van der Waals surface area contributed by atoms with Crippen LogP contribution in [0.5, 0.6) is 0 Å². The molecule has 3 rings (SSSR count). The molecule has 0 aliphatic rings. The van der Waals surface area contributed by atoms with E-state index >= 15 is 0 Å². The summed E-state index contributed by atoms with van der Waals surface area (Å²) in [7, 11) is -2.62. The van der Waals surface area contributed by atoms with Crippen molar-refractivity contribution in [2.24, 2.45) is 0 Å². The second-order valence-corrected chi connectivity index (χ2v) is 6.92. The molecule has 26 heavy (non-hydrogen) atoms. The Hall–Kier alpha value is -2.36. The van der Waals surface area contributed by atoms with E-state index in [-0.39, 0.29) is 35.1 Å². The molecule has 6 nitrogen and oxygen atoms in total. The van der Waals surface area contributed by atoms with Gasteiger partial charge < -0.3 is 5.32 Å². The van der Waals surface area contributed by atoms with Crippen LogP contribution < -0.4 is 5.32 Å². The molecule has 0 saturated carbocycles. The van der Waals surface area contributed by atoms with Crippen molar-refractivity contribution >= 4 is 22.4 Å². The summed E-state index contributed by atoms with van der Waals surface area (Å²) in [5, 5.41) is 2.48. The first kappa shape index (κ1) is 20.0. The largest absolute Gasteiger partial charge is 0.316 e. The van der Waals surface area contributed by atoms with Gasteiger partial charge in [0.1, 0.15) is 5.69 Å². The molecule has 0 unspecified atom stereocenters. The highest BCUT2D eigenvalue weighted by Gasteiger charge is 2.28. The van der Waals surface area contributed by atoms with Crippen LogP contribution in [0, 0.1) is 11.8 Å². The fourth-order valence-corrected chi connectivity index (χ4v) is 3.75. The molecule has 3 aromatic heterocycles. The zero-order valence-corrected chi connectivity index (χ0v) is 15.2. The summed E-state index contributed by atoms with van der Waals surface area (Å²) in [6.45, 7) is 0.0749. The van der Waals surface area contributed by atoms with Gasteiger partial charge in [-0.25, -0.2) is 18.3 Å². The van der Waals surface area contributed by atoms with Gasteiger partial charge in [-0.15, -0.1) is 12.4 Å². The maximum Gasteiger partial charge on any atom is 0.285 e. The van der Waals surface area contributed by atoms with Gasteiger partial charge in [0.15, 0.2) is 10.8 Å². The third kappa shape index (κ3) is 3.46. The average Bonchev–Trinajstić information content (AvgIpc) is 2.94.